The molecule has 0 saturated heterocycles. The molecule has 0 aliphatic rings. The average Bonchev–Trinajstić information content (AvgIpc) is 3.11. The maximum Gasteiger partial charge on any atom is 0.119 e. The number of aliphatic hydroxyl groups excluding tert-OH is 1. The van der Waals surface area contributed by atoms with Crippen LogP contribution in [-0.4, -0.2) is 42.9 Å². The summed E-state index contributed by atoms with van der Waals surface area (Å²) in [5, 5.41) is 12.5. The van der Waals surface area contributed by atoms with Gasteiger partial charge in [-0.15, -0.1) is 11.3 Å². The fourth-order valence-electron chi connectivity index (χ4n) is 2.51. The van der Waals surface area contributed by atoms with Crippen LogP contribution in [0.4, 0.5) is 0 Å². The highest BCUT2D eigenvalue weighted by Crippen LogP contribution is 2.18. The molecule has 0 spiro atoms. The van der Waals surface area contributed by atoms with Crippen LogP contribution in [0.5, 0.6) is 11.5 Å². The maximum absolute atomic E-state index is 10.4. The van der Waals surface area contributed by atoms with Gasteiger partial charge in [-0.1, -0.05) is 19.9 Å². The quantitative estimate of drug-likeness (QED) is 0.654. The van der Waals surface area contributed by atoms with Gasteiger partial charge in [-0.25, -0.2) is 0 Å². The van der Waals surface area contributed by atoms with Crippen molar-refractivity contribution >= 4 is 11.3 Å². The Hall–Kier alpha value is -1.56. The molecule has 0 aliphatic heterocycles. The molecule has 1 atom stereocenters. The molecule has 0 radical (unpaired) electrons. The number of benzene rings is 1. The van der Waals surface area contributed by atoms with E-state index in [1.165, 1.54) is 4.88 Å². The highest BCUT2D eigenvalue weighted by atomic mass is 32.1. The van der Waals surface area contributed by atoms with Gasteiger partial charge >= 0.3 is 0 Å². The fourth-order valence-corrected chi connectivity index (χ4v) is 3.26. The van der Waals surface area contributed by atoms with Gasteiger partial charge in [0, 0.05) is 18.0 Å². The van der Waals surface area contributed by atoms with E-state index in [-0.39, 0.29) is 6.61 Å². The van der Waals surface area contributed by atoms with E-state index in [4.69, 9.17) is 9.47 Å². The Bertz CT molecular complexity index is 583. The highest BCUT2D eigenvalue weighted by molar-refractivity contribution is 7.09. The van der Waals surface area contributed by atoms with Crippen molar-refractivity contribution in [2.45, 2.75) is 32.9 Å². The fraction of sp³-hybridized carbons (Fsp3) is 0.500. The molecule has 1 aromatic heterocycles. The van der Waals surface area contributed by atoms with E-state index in [9.17, 15) is 5.11 Å². The first kappa shape index (κ1) is 19.8. The zero-order valence-electron chi connectivity index (χ0n) is 15.4. The summed E-state index contributed by atoms with van der Waals surface area (Å²) < 4.78 is 10.8. The minimum Gasteiger partial charge on any atom is -0.497 e. The zero-order chi connectivity index (χ0) is 18.1. The van der Waals surface area contributed by atoms with Gasteiger partial charge in [-0.2, -0.15) is 0 Å². The van der Waals surface area contributed by atoms with Crippen LogP contribution in [0.1, 0.15) is 25.1 Å². The van der Waals surface area contributed by atoms with Crippen molar-refractivity contribution in [3.63, 3.8) is 0 Å². The summed E-state index contributed by atoms with van der Waals surface area (Å²) >= 11 is 1.76. The van der Waals surface area contributed by atoms with Gasteiger partial charge in [0.15, 0.2) is 0 Å². The Morgan fingerprint density at radius 1 is 1.12 bits per heavy atom. The first-order valence-electron chi connectivity index (χ1n) is 8.76. The molecule has 0 amide bonds. The average molecular weight is 364 g/mol. The summed E-state index contributed by atoms with van der Waals surface area (Å²) in [7, 11) is 1.64. The number of nitrogens with zero attached hydrogens (tertiary/aromatic N) is 1. The van der Waals surface area contributed by atoms with Crippen LogP contribution >= 0.6 is 11.3 Å². The zero-order valence-corrected chi connectivity index (χ0v) is 16.2. The summed E-state index contributed by atoms with van der Waals surface area (Å²) in [6, 6.07) is 11.6. The van der Waals surface area contributed by atoms with E-state index in [1.54, 1.807) is 18.4 Å². The molecule has 0 bridgehead atoms. The molecule has 2 rings (SSSR count). The lowest BCUT2D eigenvalue weighted by Crippen LogP contribution is -2.36. The van der Waals surface area contributed by atoms with Crippen molar-refractivity contribution in [3.8, 4) is 11.5 Å². The molecule has 0 unspecified atom stereocenters. The second kappa shape index (κ2) is 10.4. The van der Waals surface area contributed by atoms with E-state index in [0.717, 1.165) is 31.0 Å². The van der Waals surface area contributed by atoms with Crippen LogP contribution in [0.2, 0.25) is 0 Å². The normalized spacial score (nSPS) is 12.6. The first-order chi connectivity index (χ1) is 12.1. The molecule has 0 saturated carbocycles. The minimum atomic E-state index is -0.519. The van der Waals surface area contributed by atoms with Crippen LogP contribution in [0.3, 0.4) is 0 Å². The number of rotatable bonds is 11. The van der Waals surface area contributed by atoms with Gasteiger partial charge in [0.25, 0.3) is 0 Å². The molecular weight excluding hydrogens is 334 g/mol. The van der Waals surface area contributed by atoms with Crippen molar-refractivity contribution in [2.24, 2.45) is 5.92 Å². The standard InChI is InChI=1S/C20H29NO3S/c1-16(2)10-11-21(14-20-5-4-12-25-20)13-17(22)15-24-19-8-6-18(23-3)7-9-19/h4-9,12,16-17,22H,10-11,13-15H2,1-3H3/t17-/m0/s1. The first-order valence-corrected chi connectivity index (χ1v) is 9.64. The predicted octanol–water partition coefficient (Wildman–Crippen LogP) is 4.04. The lowest BCUT2D eigenvalue weighted by Gasteiger charge is -2.25. The molecular formula is C20H29NO3S. The summed E-state index contributed by atoms with van der Waals surface area (Å²) in [5.41, 5.74) is 0. The molecule has 1 aromatic carbocycles. The van der Waals surface area contributed by atoms with Crippen molar-refractivity contribution in [2.75, 3.05) is 26.8 Å². The van der Waals surface area contributed by atoms with Crippen molar-refractivity contribution in [3.05, 3.63) is 46.7 Å². The van der Waals surface area contributed by atoms with Crippen molar-refractivity contribution < 1.29 is 14.6 Å². The second-order valence-corrected chi connectivity index (χ2v) is 7.67. The SMILES string of the molecule is COc1ccc(OC[C@@H](O)CN(CCC(C)C)Cc2cccs2)cc1. The highest BCUT2D eigenvalue weighted by Gasteiger charge is 2.14. The lowest BCUT2D eigenvalue weighted by atomic mass is 10.1. The van der Waals surface area contributed by atoms with Crippen LogP contribution in [-0.2, 0) is 6.54 Å². The van der Waals surface area contributed by atoms with Gasteiger partial charge in [0.2, 0.25) is 0 Å². The molecule has 1 N–H and O–H groups in total. The van der Waals surface area contributed by atoms with Crippen molar-refractivity contribution in [1.29, 1.82) is 0 Å². The topological polar surface area (TPSA) is 41.9 Å². The smallest absolute Gasteiger partial charge is 0.119 e. The summed E-state index contributed by atoms with van der Waals surface area (Å²) in [5.74, 6) is 2.19. The second-order valence-electron chi connectivity index (χ2n) is 6.64. The molecule has 4 nitrogen and oxygen atoms in total. The summed E-state index contributed by atoms with van der Waals surface area (Å²) in [6.07, 6.45) is 0.603. The van der Waals surface area contributed by atoms with Gasteiger partial charge in [-0.05, 0) is 54.6 Å². The molecule has 1 heterocycles. The van der Waals surface area contributed by atoms with Gasteiger partial charge in [-0.3, -0.25) is 4.90 Å². The Kier molecular flexibility index (Phi) is 8.25. The van der Waals surface area contributed by atoms with Gasteiger partial charge in [0.1, 0.15) is 24.2 Å². The molecule has 0 aliphatic carbocycles. The van der Waals surface area contributed by atoms with E-state index >= 15 is 0 Å². The number of aliphatic hydroxyl groups is 1. The van der Waals surface area contributed by atoms with Gasteiger partial charge in [0.05, 0.1) is 7.11 Å². The Morgan fingerprint density at radius 3 is 2.44 bits per heavy atom. The number of ether oxygens (including phenoxy) is 2. The molecule has 0 fully saturated rings. The predicted molar refractivity (Wildman–Crippen MR) is 104 cm³/mol. The Balaban J connectivity index is 1.82. The van der Waals surface area contributed by atoms with E-state index in [0.29, 0.717) is 12.5 Å². The van der Waals surface area contributed by atoms with Crippen molar-refractivity contribution in [1.82, 2.24) is 4.90 Å². The largest absolute Gasteiger partial charge is 0.497 e. The molecule has 138 valence electrons. The molecule has 5 heteroatoms. The third-order valence-corrected chi connectivity index (χ3v) is 4.81. The van der Waals surface area contributed by atoms with Crippen LogP contribution in [0.15, 0.2) is 41.8 Å². The summed E-state index contributed by atoms with van der Waals surface area (Å²) in [6.45, 7) is 7.22. The Morgan fingerprint density at radius 2 is 1.84 bits per heavy atom. The minimum absolute atomic E-state index is 0.287. The number of thiophene rings is 1. The van der Waals surface area contributed by atoms with Crippen LogP contribution in [0.25, 0.3) is 0 Å². The number of methoxy groups -OCH3 is 1. The monoisotopic (exact) mass is 363 g/mol. The summed E-state index contributed by atoms with van der Waals surface area (Å²) in [4.78, 5) is 3.64. The van der Waals surface area contributed by atoms with Gasteiger partial charge < -0.3 is 14.6 Å². The third kappa shape index (κ3) is 7.46. The van der Waals surface area contributed by atoms with E-state index < -0.39 is 6.10 Å². The molecule has 2 aromatic rings. The van der Waals surface area contributed by atoms with E-state index in [2.05, 4.69) is 36.3 Å². The lowest BCUT2D eigenvalue weighted by molar-refractivity contribution is 0.0642. The third-order valence-electron chi connectivity index (χ3n) is 3.95. The Labute approximate surface area is 155 Å². The van der Waals surface area contributed by atoms with Crippen LogP contribution in [0, 0.1) is 5.92 Å². The number of hydrogen-bond acceptors (Lipinski definition) is 5. The molecule has 25 heavy (non-hydrogen) atoms. The number of hydrogen-bond donors (Lipinski definition) is 1. The van der Waals surface area contributed by atoms with E-state index in [1.807, 2.05) is 24.3 Å². The van der Waals surface area contributed by atoms with Crippen LogP contribution < -0.4 is 9.47 Å². The maximum atomic E-state index is 10.4.